The third kappa shape index (κ3) is 2.16. The van der Waals surface area contributed by atoms with Crippen LogP contribution in [-0.2, 0) is 5.54 Å². The summed E-state index contributed by atoms with van der Waals surface area (Å²) in [6, 6.07) is 8.03. The maximum atomic E-state index is 9.44. The van der Waals surface area contributed by atoms with Crippen molar-refractivity contribution in [3.05, 3.63) is 34.3 Å². The number of benzene rings is 1. The molecule has 78 valence electrons. The molecule has 0 saturated heterocycles. The fraction of sp³-hybridized carbons (Fsp3) is 0.455. The Bertz CT molecular complexity index is 289. The fourth-order valence-corrected chi connectivity index (χ4v) is 1.99. The van der Waals surface area contributed by atoms with Crippen molar-refractivity contribution in [1.29, 1.82) is 0 Å². The minimum atomic E-state index is -0.316. The van der Waals surface area contributed by atoms with Crippen LogP contribution in [0.3, 0.4) is 0 Å². The Hall–Kier alpha value is -0.380. The quantitative estimate of drug-likeness (QED) is 0.868. The Kier molecular flexibility index (Phi) is 4.11. The normalized spacial score (nSPS) is 15.1. The molecule has 1 atom stereocenters. The standard InChI is InChI=1S/C11H16BrNO/c1-3-11(8-14,13-2)9-5-4-6-10(12)7-9/h4-7,13-14H,3,8H2,1-2H3. The molecule has 0 spiro atoms. The highest BCUT2D eigenvalue weighted by atomic mass is 79.9. The van der Waals surface area contributed by atoms with Crippen LogP contribution in [0, 0.1) is 0 Å². The third-order valence-corrected chi connectivity index (χ3v) is 3.22. The molecule has 1 aromatic rings. The van der Waals surface area contributed by atoms with E-state index in [9.17, 15) is 5.11 Å². The van der Waals surface area contributed by atoms with Gasteiger partial charge in [-0.2, -0.15) is 0 Å². The molecule has 0 heterocycles. The summed E-state index contributed by atoms with van der Waals surface area (Å²) in [6.07, 6.45) is 0.858. The van der Waals surface area contributed by atoms with Crippen molar-refractivity contribution < 1.29 is 5.11 Å². The van der Waals surface area contributed by atoms with Gasteiger partial charge in [0.05, 0.1) is 12.1 Å². The molecule has 0 aliphatic carbocycles. The van der Waals surface area contributed by atoms with Crippen LogP contribution in [0.1, 0.15) is 18.9 Å². The SMILES string of the molecule is CCC(CO)(NC)c1cccc(Br)c1. The van der Waals surface area contributed by atoms with E-state index in [0.29, 0.717) is 0 Å². The van der Waals surface area contributed by atoms with Gasteiger partial charge in [0, 0.05) is 4.47 Å². The van der Waals surface area contributed by atoms with Crippen molar-refractivity contribution in [3.63, 3.8) is 0 Å². The van der Waals surface area contributed by atoms with Crippen molar-refractivity contribution in [2.45, 2.75) is 18.9 Å². The van der Waals surface area contributed by atoms with Crippen molar-refractivity contribution in [1.82, 2.24) is 5.32 Å². The van der Waals surface area contributed by atoms with Crippen LogP contribution >= 0.6 is 15.9 Å². The molecule has 0 aromatic heterocycles. The summed E-state index contributed by atoms with van der Waals surface area (Å²) >= 11 is 3.43. The molecular formula is C11H16BrNO. The van der Waals surface area contributed by atoms with E-state index in [1.807, 2.05) is 31.3 Å². The van der Waals surface area contributed by atoms with E-state index in [0.717, 1.165) is 16.5 Å². The summed E-state index contributed by atoms with van der Waals surface area (Å²) in [6.45, 7) is 2.17. The molecule has 3 heteroatoms. The molecular weight excluding hydrogens is 242 g/mol. The van der Waals surface area contributed by atoms with Crippen LogP contribution < -0.4 is 5.32 Å². The van der Waals surface area contributed by atoms with Gasteiger partial charge < -0.3 is 10.4 Å². The van der Waals surface area contributed by atoms with Crippen LogP contribution in [0.25, 0.3) is 0 Å². The molecule has 1 aromatic carbocycles. The van der Waals surface area contributed by atoms with Gasteiger partial charge in [0.1, 0.15) is 0 Å². The number of likely N-dealkylation sites (N-methyl/N-ethyl adjacent to an activating group) is 1. The number of aliphatic hydroxyl groups excluding tert-OH is 1. The van der Waals surface area contributed by atoms with E-state index < -0.39 is 0 Å². The van der Waals surface area contributed by atoms with Gasteiger partial charge in [0.15, 0.2) is 0 Å². The first-order valence-corrected chi connectivity index (χ1v) is 5.53. The van der Waals surface area contributed by atoms with Crippen molar-refractivity contribution in [2.24, 2.45) is 0 Å². The van der Waals surface area contributed by atoms with E-state index in [1.165, 1.54) is 0 Å². The van der Waals surface area contributed by atoms with Crippen molar-refractivity contribution >= 4 is 15.9 Å². The molecule has 0 fully saturated rings. The number of nitrogens with one attached hydrogen (secondary N) is 1. The summed E-state index contributed by atoms with van der Waals surface area (Å²) in [4.78, 5) is 0. The molecule has 14 heavy (non-hydrogen) atoms. The Morgan fingerprint density at radius 2 is 2.21 bits per heavy atom. The first-order valence-electron chi connectivity index (χ1n) is 4.74. The van der Waals surface area contributed by atoms with Crippen LogP contribution in [0.5, 0.6) is 0 Å². The van der Waals surface area contributed by atoms with Gasteiger partial charge in [0.25, 0.3) is 0 Å². The smallest absolute Gasteiger partial charge is 0.0664 e. The molecule has 0 bridgehead atoms. The molecule has 0 amide bonds. The van der Waals surface area contributed by atoms with Gasteiger partial charge in [-0.25, -0.2) is 0 Å². The highest BCUT2D eigenvalue weighted by molar-refractivity contribution is 9.10. The second-order valence-corrected chi connectivity index (χ2v) is 4.27. The molecule has 2 nitrogen and oxygen atoms in total. The van der Waals surface area contributed by atoms with Crippen LogP contribution in [-0.4, -0.2) is 18.8 Å². The lowest BCUT2D eigenvalue weighted by molar-refractivity contribution is 0.164. The van der Waals surface area contributed by atoms with Gasteiger partial charge in [-0.3, -0.25) is 0 Å². The maximum Gasteiger partial charge on any atom is 0.0664 e. The lowest BCUT2D eigenvalue weighted by Gasteiger charge is -2.31. The fourth-order valence-electron chi connectivity index (χ4n) is 1.59. The summed E-state index contributed by atoms with van der Waals surface area (Å²) in [7, 11) is 1.88. The van der Waals surface area contributed by atoms with Crippen LogP contribution in [0.15, 0.2) is 28.7 Å². The van der Waals surface area contributed by atoms with Gasteiger partial charge in [0.2, 0.25) is 0 Å². The minimum absolute atomic E-state index is 0.108. The Balaban J connectivity index is 3.10. The second kappa shape index (κ2) is 4.91. The zero-order valence-corrected chi connectivity index (χ0v) is 10.1. The van der Waals surface area contributed by atoms with E-state index >= 15 is 0 Å². The summed E-state index contributed by atoms with van der Waals surface area (Å²) in [5, 5.41) is 12.6. The average Bonchev–Trinajstić information content (AvgIpc) is 2.22. The summed E-state index contributed by atoms with van der Waals surface area (Å²) in [5.41, 5.74) is 0.795. The first-order chi connectivity index (χ1) is 6.68. The Morgan fingerprint density at radius 1 is 1.50 bits per heavy atom. The highest BCUT2D eigenvalue weighted by Crippen LogP contribution is 2.26. The predicted octanol–water partition coefficient (Wildman–Crippen LogP) is 2.27. The lowest BCUT2D eigenvalue weighted by Crippen LogP contribution is -2.42. The number of rotatable bonds is 4. The monoisotopic (exact) mass is 257 g/mol. The molecule has 0 aliphatic heterocycles. The number of hydrogen-bond acceptors (Lipinski definition) is 2. The van der Waals surface area contributed by atoms with E-state index in [-0.39, 0.29) is 12.1 Å². The lowest BCUT2D eigenvalue weighted by atomic mass is 9.88. The van der Waals surface area contributed by atoms with Gasteiger partial charge in [-0.05, 0) is 31.2 Å². The third-order valence-electron chi connectivity index (χ3n) is 2.73. The maximum absolute atomic E-state index is 9.44. The molecule has 1 unspecified atom stereocenters. The highest BCUT2D eigenvalue weighted by Gasteiger charge is 2.27. The van der Waals surface area contributed by atoms with Crippen molar-refractivity contribution in [3.8, 4) is 0 Å². The predicted molar refractivity (Wildman–Crippen MR) is 62.3 cm³/mol. The van der Waals surface area contributed by atoms with Crippen LogP contribution in [0.4, 0.5) is 0 Å². The molecule has 0 aliphatic rings. The van der Waals surface area contributed by atoms with Crippen LogP contribution in [0.2, 0.25) is 0 Å². The second-order valence-electron chi connectivity index (χ2n) is 3.35. The van der Waals surface area contributed by atoms with E-state index in [2.05, 4.69) is 28.2 Å². The topological polar surface area (TPSA) is 32.3 Å². The number of hydrogen-bond donors (Lipinski definition) is 2. The zero-order chi connectivity index (χ0) is 10.6. The van der Waals surface area contributed by atoms with Crippen molar-refractivity contribution in [2.75, 3.05) is 13.7 Å². The van der Waals surface area contributed by atoms with E-state index in [4.69, 9.17) is 0 Å². The number of aliphatic hydroxyl groups is 1. The number of halogens is 1. The Labute approximate surface area is 93.5 Å². The molecule has 2 N–H and O–H groups in total. The first kappa shape index (κ1) is 11.7. The average molecular weight is 258 g/mol. The Morgan fingerprint density at radius 3 is 2.64 bits per heavy atom. The van der Waals surface area contributed by atoms with Gasteiger partial charge in [-0.15, -0.1) is 0 Å². The molecule has 0 radical (unpaired) electrons. The molecule has 0 saturated carbocycles. The minimum Gasteiger partial charge on any atom is -0.394 e. The van der Waals surface area contributed by atoms with Gasteiger partial charge in [-0.1, -0.05) is 35.0 Å². The summed E-state index contributed by atoms with van der Waals surface area (Å²) in [5.74, 6) is 0. The zero-order valence-electron chi connectivity index (χ0n) is 8.55. The molecule has 1 rings (SSSR count). The van der Waals surface area contributed by atoms with Gasteiger partial charge >= 0.3 is 0 Å². The van der Waals surface area contributed by atoms with E-state index in [1.54, 1.807) is 0 Å². The summed E-state index contributed by atoms with van der Waals surface area (Å²) < 4.78 is 1.04. The largest absolute Gasteiger partial charge is 0.394 e.